The van der Waals surface area contributed by atoms with Crippen molar-refractivity contribution < 1.29 is 19.1 Å². The molecule has 1 heterocycles. The third-order valence-corrected chi connectivity index (χ3v) is 10.2. The zero-order chi connectivity index (χ0) is 30.8. The molecule has 0 atom stereocenters. The van der Waals surface area contributed by atoms with Crippen LogP contribution >= 0.6 is 11.6 Å². The first kappa shape index (κ1) is 30.9. The predicted molar refractivity (Wildman–Crippen MR) is 172 cm³/mol. The van der Waals surface area contributed by atoms with Crippen molar-refractivity contribution in [1.82, 2.24) is 4.57 Å². The SMILES string of the molecule is Cc1cc(-c2ccc3c(c2COC2CCC2)CC(=O)CC3)cn(C)c1=O.O=C1CCc2ccc(Cl)c(COC3CCC3)c2C1. The number of pyridine rings is 1. The molecule has 0 unspecified atom stereocenters. The van der Waals surface area contributed by atoms with Gasteiger partial charge in [0.1, 0.15) is 11.6 Å². The number of carbonyl (C=O) groups is 2. The molecule has 0 radical (unpaired) electrons. The minimum Gasteiger partial charge on any atom is -0.374 e. The van der Waals surface area contributed by atoms with Crippen LogP contribution in [0.2, 0.25) is 5.02 Å². The quantitative estimate of drug-likeness (QED) is 0.287. The summed E-state index contributed by atoms with van der Waals surface area (Å²) in [5.41, 5.74) is 9.80. The lowest BCUT2D eigenvalue weighted by atomic mass is 9.84. The molecule has 2 fully saturated rings. The molecule has 1 aromatic heterocycles. The molecule has 7 rings (SSSR count). The maximum atomic E-state index is 12.1. The number of hydrogen-bond donors (Lipinski definition) is 0. The highest BCUT2D eigenvalue weighted by atomic mass is 35.5. The van der Waals surface area contributed by atoms with E-state index in [0.717, 1.165) is 82.5 Å². The first-order valence-corrected chi connectivity index (χ1v) is 16.5. The molecule has 2 aromatic carbocycles. The number of nitrogens with zero attached hydrogens (tertiary/aromatic N) is 1. The lowest BCUT2D eigenvalue weighted by Crippen LogP contribution is -2.23. The molecule has 44 heavy (non-hydrogen) atoms. The highest BCUT2D eigenvalue weighted by Crippen LogP contribution is 2.35. The van der Waals surface area contributed by atoms with E-state index in [1.807, 2.05) is 25.3 Å². The fourth-order valence-corrected chi connectivity index (χ4v) is 6.81. The lowest BCUT2D eigenvalue weighted by Gasteiger charge is -2.28. The van der Waals surface area contributed by atoms with Crippen molar-refractivity contribution >= 4 is 23.2 Å². The number of carbonyl (C=O) groups excluding carboxylic acids is 2. The van der Waals surface area contributed by atoms with Crippen LogP contribution in [-0.4, -0.2) is 28.3 Å². The van der Waals surface area contributed by atoms with E-state index in [1.165, 1.54) is 24.0 Å². The summed E-state index contributed by atoms with van der Waals surface area (Å²) in [6, 6.07) is 10.2. The predicted octanol–water partition coefficient (Wildman–Crippen LogP) is 6.95. The highest BCUT2D eigenvalue weighted by Gasteiger charge is 2.25. The third kappa shape index (κ3) is 6.78. The molecule has 0 N–H and O–H groups in total. The summed E-state index contributed by atoms with van der Waals surface area (Å²) in [7, 11) is 1.78. The van der Waals surface area contributed by atoms with Gasteiger partial charge in [0, 0.05) is 55.1 Å². The van der Waals surface area contributed by atoms with E-state index in [-0.39, 0.29) is 5.56 Å². The van der Waals surface area contributed by atoms with Crippen LogP contribution < -0.4 is 5.56 Å². The third-order valence-electron chi connectivity index (χ3n) is 9.80. The van der Waals surface area contributed by atoms with Crippen LogP contribution in [0.25, 0.3) is 11.1 Å². The standard InChI is InChI=1S/C22H25NO3.C15H17ClO2/c1-14-10-16(12-23(2)22(14)25)19-9-7-15-6-8-17(24)11-20(15)21(19)13-26-18-4-3-5-18;16-15-7-5-10-4-6-11(17)8-13(10)14(15)9-18-12-2-1-3-12/h7,9-10,12,18H,3-6,8,11,13H2,1-2H3;5,7,12H,1-4,6,8-9H2. The van der Waals surface area contributed by atoms with Gasteiger partial charge in [-0.2, -0.15) is 0 Å². The molecule has 6 nitrogen and oxygen atoms in total. The minimum absolute atomic E-state index is 0.0224. The molecule has 3 aromatic rings. The number of Topliss-reactive ketones (excluding diaryl/α,β-unsaturated/α-hetero) is 2. The maximum Gasteiger partial charge on any atom is 0.253 e. The monoisotopic (exact) mass is 615 g/mol. The number of aryl methyl sites for hydroxylation is 4. The van der Waals surface area contributed by atoms with E-state index in [0.29, 0.717) is 62.7 Å². The van der Waals surface area contributed by atoms with Crippen molar-refractivity contribution in [3.8, 4) is 11.1 Å². The van der Waals surface area contributed by atoms with Gasteiger partial charge in [-0.3, -0.25) is 14.4 Å². The Morgan fingerprint density at radius 2 is 1.32 bits per heavy atom. The van der Waals surface area contributed by atoms with Crippen LogP contribution in [0.4, 0.5) is 0 Å². The Morgan fingerprint density at radius 3 is 1.86 bits per heavy atom. The number of ketones is 2. The van der Waals surface area contributed by atoms with Crippen LogP contribution in [0.3, 0.4) is 0 Å². The first-order chi connectivity index (χ1) is 21.3. The molecule has 0 amide bonds. The number of aromatic nitrogens is 1. The number of halogens is 1. The zero-order valence-electron chi connectivity index (χ0n) is 25.9. The van der Waals surface area contributed by atoms with E-state index in [9.17, 15) is 14.4 Å². The summed E-state index contributed by atoms with van der Waals surface area (Å²) >= 11 is 6.26. The molecular formula is C37H42ClNO5. The van der Waals surface area contributed by atoms with Crippen molar-refractivity contribution in [1.29, 1.82) is 0 Å². The van der Waals surface area contributed by atoms with Crippen molar-refractivity contribution in [3.63, 3.8) is 0 Å². The van der Waals surface area contributed by atoms with Crippen molar-refractivity contribution in [2.45, 2.75) is 109 Å². The summed E-state index contributed by atoms with van der Waals surface area (Å²) in [6.07, 6.45) is 13.7. The number of fused-ring (bicyclic) bond motifs is 2. The normalized spacial score (nSPS) is 18.1. The smallest absolute Gasteiger partial charge is 0.253 e. The second-order valence-corrected chi connectivity index (χ2v) is 13.3. The molecule has 2 saturated carbocycles. The highest BCUT2D eigenvalue weighted by molar-refractivity contribution is 6.31. The lowest BCUT2D eigenvalue weighted by molar-refractivity contribution is -0.119. The largest absolute Gasteiger partial charge is 0.374 e. The van der Waals surface area contributed by atoms with Gasteiger partial charge in [-0.1, -0.05) is 29.8 Å². The summed E-state index contributed by atoms with van der Waals surface area (Å²) in [4.78, 5) is 35.8. The van der Waals surface area contributed by atoms with Gasteiger partial charge >= 0.3 is 0 Å². The van der Waals surface area contributed by atoms with Crippen LogP contribution in [-0.2, 0) is 65.0 Å². The van der Waals surface area contributed by atoms with Crippen molar-refractivity contribution in [2.75, 3.05) is 0 Å². The Kier molecular flexibility index (Phi) is 9.51. The average Bonchev–Trinajstić information content (AvgIpc) is 2.95. The number of hydrogen-bond acceptors (Lipinski definition) is 5. The first-order valence-electron chi connectivity index (χ1n) is 16.1. The summed E-state index contributed by atoms with van der Waals surface area (Å²) in [6.45, 7) is 2.94. The van der Waals surface area contributed by atoms with Crippen LogP contribution in [0.15, 0.2) is 41.3 Å². The number of ether oxygens (including phenoxy) is 2. The molecule has 0 saturated heterocycles. The number of benzene rings is 2. The Hall–Kier alpha value is -3.06. The fourth-order valence-electron chi connectivity index (χ4n) is 6.58. The van der Waals surface area contributed by atoms with Crippen LogP contribution in [0.1, 0.15) is 90.3 Å². The summed E-state index contributed by atoms with van der Waals surface area (Å²) in [5.74, 6) is 0.617. The van der Waals surface area contributed by atoms with Gasteiger partial charge in [0.05, 0.1) is 25.4 Å². The molecule has 4 aliphatic rings. The van der Waals surface area contributed by atoms with Gasteiger partial charge in [0.2, 0.25) is 0 Å². The zero-order valence-corrected chi connectivity index (χ0v) is 26.6. The average molecular weight is 616 g/mol. The van der Waals surface area contributed by atoms with E-state index in [4.69, 9.17) is 21.1 Å². The fraction of sp³-hybridized carbons (Fsp3) is 0.486. The van der Waals surface area contributed by atoms with Crippen molar-refractivity contribution in [2.24, 2.45) is 7.05 Å². The Morgan fingerprint density at radius 1 is 0.773 bits per heavy atom. The maximum absolute atomic E-state index is 12.1. The van der Waals surface area contributed by atoms with Crippen LogP contribution in [0.5, 0.6) is 0 Å². The van der Waals surface area contributed by atoms with Gasteiger partial charge in [-0.25, -0.2) is 0 Å². The van der Waals surface area contributed by atoms with E-state index >= 15 is 0 Å². The molecule has 232 valence electrons. The molecular weight excluding hydrogens is 574 g/mol. The number of rotatable bonds is 7. The van der Waals surface area contributed by atoms with Gasteiger partial charge in [0.25, 0.3) is 5.56 Å². The second kappa shape index (κ2) is 13.5. The van der Waals surface area contributed by atoms with Crippen molar-refractivity contribution in [3.05, 3.63) is 90.8 Å². The minimum atomic E-state index is 0.0224. The van der Waals surface area contributed by atoms with Gasteiger partial charge < -0.3 is 14.0 Å². The molecule has 4 aliphatic carbocycles. The Labute approximate surface area is 264 Å². The summed E-state index contributed by atoms with van der Waals surface area (Å²) < 4.78 is 13.6. The summed E-state index contributed by atoms with van der Waals surface area (Å²) in [5, 5.41) is 0.739. The molecule has 0 aliphatic heterocycles. The molecule has 7 heteroatoms. The Bertz CT molecular complexity index is 1610. The topological polar surface area (TPSA) is 74.6 Å². The molecule has 0 bridgehead atoms. The molecule has 0 spiro atoms. The Balaban J connectivity index is 0.000000167. The van der Waals surface area contributed by atoms with Gasteiger partial charge in [-0.05, 0) is 109 Å². The van der Waals surface area contributed by atoms with E-state index in [2.05, 4.69) is 18.2 Å². The van der Waals surface area contributed by atoms with Crippen LogP contribution in [0, 0.1) is 6.92 Å². The van der Waals surface area contributed by atoms with Gasteiger partial charge in [0.15, 0.2) is 0 Å². The second-order valence-electron chi connectivity index (χ2n) is 12.9. The van der Waals surface area contributed by atoms with Gasteiger partial charge in [-0.15, -0.1) is 0 Å². The van der Waals surface area contributed by atoms with E-state index < -0.39 is 0 Å². The van der Waals surface area contributed by atoms with E-state index in [1.54, 1.807) is 11.6 Å².